The van der Waals surface area contributed by atoms with Crippen molar-refractivity contribution in [3.63, 3.8) is 0 Å². The summed E-state index contributed by atoms with van der Waals surface area (Å²) in [5, 5.41) is 10.1. The van der Waals surface area contributed by atoms with Gasteiger partial charge in [-0.15, -0.1) is 0 Å². The maximum Gasteiger partial charge on any atom is 0.303 e. The number of rotatable bonds is 9. The molecule has 0 fully saturated rings. The van der Waals surface area contributed by atoms with E-state index in [2.05, 4.69) is 17.1 Å². The van der Waals surface area contributed by atoms with Crippen LogP contribution in [-0.4, -0.2) is 22.7 Å². The van der Waals surface area contributed by atoms with Crippen LogP contribution in [0.3, 0.4) is 0 Å². The van der Waals surface area contributed by atoms with Gasteiger partial charge in [0.25, 0.3) is 0 Å². The van der Waals surface area contributed by atoms with E-state index in [0.29, 0.717) is 19.6 Å². The fraction of sp³-hybridized carbons (Fsp3) is 0.231. The van der Waals surface area contributed by atoms with Crippen molar-refractivity contribution in [2.24, 2.45) is 0 Å². The third-order valence-corrected chi connectivity index (χ3v) is 5.26. The predicted molar refractivity (Wildman–Crippen MR) is 120 cm³/mol. The Hall–Kier alpha value is -3.60. The smallest absolute Gasteiger partial charge is 0.303 e. The lowest BCUT2D eigenvalue weighted by molar-refractivity contribution is -0.136. The van der Waals surface area contributed by atoms with E-state index < -0.39 is 5.97 Å². The molecule has 1 aromatic heterocycles. The van der Waals surface area contributed by atoms with Gasteiger partial charge in [-0.2, -0.15) is 0 Å². The summed E-state index contributed by atoms with van der Waals surface area (Å²) in [4.78, 5) is 15.5. The molecule has 31 heavy (non-hydrogen) atoms. The molecule has 5 nitrogen and oxygen atoms in total. The summed E-state index contributed by atoms with van der Waals surface area (Å²) in [6.45, 7) is 0.832. The van der Waals surface area contributed by atoms with Gasteiger partial charge in [-0.05, 0) is 54.7 Å². The molecule has 0 aliphatic heterocycles. The summed E-state index contributed by atoms with van der Waals surface area (Å²) in [6.07, 6.45) is 6.64. The molecule has 0 saturated carbocycles. The van der Waals surface area contributed by atoms with Gasteiger partial charge in [-0.1, -0.05) is 42.5 Å². The van der Waals surface area contributed by atoms with Crippen LogP contribution in [0.4, 0.5) is 0 Å². The van der Waals surface area contributed by atoms with Crippen molar-refractivity contribution in [2.45, 2.75) is 32.3 Å². The summed E-state index contributed by atoms with van der Waals surface area (Å²) in [5.41, 5.74) is 4.06. The Morgan fingerprint density at radius 2 is 1.77 bits per heavy atom. The van der Waals surface area contributed by atoms with E-state index in [-0.39, 0.29) is 6.42 Å². The third-order valence-electron chi connectivity index (χ3n) is 5.26. The van der Waals surface area contributed by atoms with Crippen molar-refractivity contribution in [2.75, 3.05) is 6.61 Å². The molecule has 0 amide bonds. The number of carbonyl (C=O) groups is 1. The molecule has 0 unspecified atom stereocenters. The second kappa shape index (κ2) is 9.94. The number of carboxylic acid groups (broad SMARTS) is 1. The van der Waals surface area contributed by atoms with Crippen LogP contribution in [0, 0.1) is 0 Å². The highest BCUT2D eigenvalue weighted by Gasteiger charge is 2.11. The van der Waals surface area contributed by atoms with Crippen LogP contribution in [-0.2, 0) is 11.4 Å². The molecule has 5 heteroatoms. The molecule has 3 aromatic rings. The Labute approximate surface area is 181 Å². The predicted octanol–water partition coefficient (Wildman–Crippen LogP) is 5.70. The van der Waals surface area contributed by atoms with E-state index in [1.165, 1.54) is 0 Å². The zero-order valence-electron chi connectivity index (χ0n) is 17.3. The number of hydrogen-bond donors (Lipinski definition) is 1. The Morgan fingerprint density at radius 1 is 0.968 bits per heavy atom. The minimum absolute atomic E-state index is 0.134. The number of aromatic nitrogens is 1. The maximum absolute atomic E-state index is 10.9. The van der Waals surface area contributed by atoms with E-state index in [4.69, 9.17) is 14.6 Å². The maximum atomic E-state index is 10.9. The van der Waals surface area contributed by atoms with E-state index in [1.807, 2.05) is 60.7 Å². The number of carboxylic acids is 1. The monoisotopic (exact) mass is 415 g/mol. The SMILES string of the molecule is O=C(O)CCC1=C(COc2cccc(OCc3ccc4ccccc4n3)c2)CCC=C1. The number of para-hydroxylation sites is 1. The largest absolute Gasteiger partial charge is 0.489 e. The van der Waals surface area contributed by atoms with Crippen LogP contribution in [0.25, 0.3) is 10.9 Å². The number of fused-ring (bicyclic) bond motifs is 1. The summed E-state index contributed by atoms with van der Waals surface area (Å²) >= 11 is 0. The average molecular weight is 415 g/mol. The molecule has 0 spiro atoms. The normalized spacial score (nSPS) is 13.4. The fourth-order valence-electron chi connectivity index (χ4n) is 3.60. The lowest BCUT2D eigenvalue weighted by atomic mass is 9.95. The zero-order chi connectivity index (χ0) is 21.5. The molecule has 2 aromatic carbocycles. The lowest BCUT2D eigenvalue weighted by Gasteiger charge is -2.17. The van der Waals surface area contributed by atoms with Gasteiger partial charge in [0.1, 0.15) is 24.7 Å². The van der Waals surface area contributed by atoms with Gasteiger partial charge in [0.15, 0.2) is 0 Å². The zero-order valence-corrected chi connectivity index (χ0v) is 17.3. The summed E-state index contributed by atoms with van der Waals surface area (Å²) in [6, 6.07) is 19.6. The van der Waals surface area contributed by atoms with Crippen LogP contribution in [0.15, 0.2) is 84.0 Å². The Balaban J connectivity index is 1.37. The number of allylic oxidation sites excluding steroid dienone is 3. The molecule has 0 atom stereocenters. The molecule has 158 valence electrons. The first kappa shape index (κ1) is 20.7. The first-order valence-corrected chi connectivity index (χ1v) is 10.5. The average Bonchev–Trinajstić information content (AvgIpc) is 2.80. The van der Waals surface area contributed by atoms with Gasteiger partial charge in [-0.3, -0.25) is 4.79 Å². The van der Waals surface area contributed by atoms with Crippen molar-refractivity contribution >= 4 is 16.9 Å². The summed E-state index contributed by atoms with van der Waals surface area (Å²) in [5.74, 6) is 0.664. The second-order valence-corrected chi connectivity index (χ2v) is 7.51. The first-order chi connectivity index (χ1) is 15.2. The molecule has 1 aliphatic carbocycles. The summed E-state index contributed by atoms with van der Waals surface area (Å²) < 4.78 is 11.9. The highest BCUT2D eigenvalue weighted by Crippen LogP contribution is 2.26. The Morgan fingerprint density at radius 3 is 2.61 bits per heavy atom. The molecule has 0 radical (unpaired) electrons. The van der Waals surface area contributed by atoms with Crippen molar-refractivity contribution < 1.29 is 19.4 Å². The van der Waals surface area contributed by atoms with Crippen LogP contribution in [0.2, 0.25) is 0 Å². The van der Waals surface area contributed by atoms with Gasteiger partial charge in [0, 0.05) is 17.9 Å². The number of nitrogens with zero attached hydrogens (tertiary/aromatic N) is 1. The van der Waals surface area contributed by atoms with Crippen LogP contribution in [0.1, 0.15) is 31.4 Å². The summed E-state index contributed by atoms with van der Waals surface area (Å²) in [7, 11) is 0. The van der Waals surface area contributed by atoms with E-state index in [1.54, 1.807) is 0 Å². The topological polar surface area (TPSA) is 68.7 Å². The Kier molecular flexibility index (Phi) is 6.62. The number of hydrogen-bond acceptors (Lipinski definition) is 4. The molecule has 0 saturated heterocycles. The van der Waals surface area contributed by atoms with E-state index >= 15 is 0 Å². The number of aliphatic carboxylic acids is 1. The number of benzene rings is 2. The molecule has 1 heterocycles. The highest BCUT2D eigenvalue weighted by atomic mass is 16.5. The van der Waals surface area contributed by atoms with Crippen LogP contribution >= 0.6 is 0 Å². The first-order valence-electron chi connectivity index (χ1n) is 10.5. The van der Waals surface area contributed by atoms with Crippen molar-refractivity contribution in [3.8, 4) is 11.5 Å². The van der Waals surface area contributed by atoms with Crippen LogP contribution in [0.5, 0.6) is 11.5 Å². The van der Waals surface area contributed by atoms with Gasteiger partial charge < -0.3 is 14.6 Å². The van der Waals surface area contributed by atoms with E-state index in [9.17, 15) is 4.79 Å². The molecular formula is C26H25NO4. The molecular weight excluding hydrogens is 390 g/mol. The third kappa shape index (κ3) is 5.72. The van der Waals surface area contributed by atoms with Gasteiger partial charge in [0.2, 0.25) is 0 Å². The molecule has 1 N–H and O–H groups in total. The number of pyridine rings is 1. The fourth-order valence-corrected chi connectivity index (χ4v) is 3.60. The van der Waals surface area contributed by atoms with Gasteiger partial charge >= 0.3 is 5.97 Å². The lowest BCUT2D eigenvalue weighted by Crippen LogP contribution is -2.07. The minimum Gasteiger partial charge on any atom is -0.489 e. The van der Waals surface area contributed by atoms with Crippen molar-refractivity contribution in [1.29, 1.82) is 0 Å². The van der Waals surface area contributed by atoms with Crippen molar-refractivity contribution in [3.05, 3.63) is 89.7 Å². The molecule has 1 aliphatic rings. The van der Waals surface area contributed by atoms with Gasteiger partial charge in [-0.25, -0.2) is 4.98 Å². The molecule has 4 rings (SSSR count). The van der Waals surface area contributed by atoms with Crippen LogP contribution < -0.4 is 9.47 Å². The number of ether oxygens (including phenoxy) is 2. The second-order valence-electron chi connectivity index (χ2n) is 7.51. The van der Waals surface area contributed by atoms with E-state index in [0.717, 1.165) is 52.1 Å². The Bertz CT molecular complexity index is 1130. The molecule has 0 bridgehead atoms. The quantitative estimate of drug-likeness (QED) is 0.485. The highest BCUT2D eigenvalue weighted by molar-refractivity contribution is 5.78. The van der Waals surface area contributed by atoms with Crippen molar-refractivity contribution in [1.82, 2.24) is 4.98 Å². The standard InChI is InChI=1S/C26H25NO4/c28-26(29)15-13-19-6-1-2-8-21(19)17-30-23-9-5-10-24(16-23)31-18-22-14-12-20-7-3-4-11-25(20)27-22/h1,3-7,9-12,14,16H,2,8,13,15,17-18H2,(H,28,29). The van der Waals surface area contributed by atoms with Gasteiger partial charge in [0.05, 0.1) is 11.2 Å². The minimum atomic E-state index is -0.780.